The van der Waals surface area contributed by atoms with Crippen molar-refractivity contribution in [1.29, 1.82) is 0 Å². The lowest BCUT2D eigenvalue weighted by atomic mass is 10.2. The van der Waals surface area contributed by atoms with E-state index in [9.17, 15) is 9.90 Å². The highest BCUT2D eigenvalue weighted by atomic mass is 35.5. The molecule has 7 heteroatoms. The summed E-state index contributed by atoms with van der Waals surface area (Å²) in [5.41, 5.74) is 6.68. The molecule has 5 nitrogen and oxygen atoms in total. The third kappa shape index (κ3) is 3.35. The van der Waals surface area contributed by atoms with E-state index in [-0.39, 0.29) is 11.7 Å². The van der Waals surface area contributed by atoms with Crippen LogP contribution in [0.15, 0.2) is 52.4 Å². The van der Waals surface area contributed by atoms with Crippen LogP contribution in [0.5, 0.6) is 5.75 Å². The molecule has 0 unspecified atom stereocenters. The fourth-order valence-electron chi connectivity index (χ4n) is 1.90. The monoisotopic (exact) mass is 333 g/mol. The summed E-state index contributed by atoms with van der Waals surface area (Å²) in [4.78, 5) is 17.4. The lowest BCUT2D eigenvalue weighted by Gasteiger charge is -2.17. The molecular formula is C15H12ClN3O2S. The number of halogens is 1. The van der Waals surface area contributed by atoms with Crippen LogP contribution < -0.4 is 10.9 Å². The van der Waals surface area contributed by atoms with Crippen molar-refractivity contribution in [3.05, 3.63) is 53.1 Å². The summed E-state index contributed by atoms with van der Waals surface area (Å²) in [5, 5.41) is 9.89. The van der Waals surface area contributed by atoms with Crippen LogP contribution in [0.25, 0.3) is 0 Å². The van der Waals surface area contributed by atoms with Crippen LogP contribution in [0.2, 0.25) is 5.02 Å². The number of carbonyl (C=O) groups is 1. The lowest BCUT2D eigenvalue weighted by molar-refractivity contribution is 0.0943. The van der Waals surface area contributed by atoms with Crippen LogP contribution in [-0.4, -0.2) is 22.6 Å². The number of aliphatic imine (C=N–C) groups is 1. The largest absolute Gasteiger partial charge is 0.508 e. The highest BCUT2D eigenvalue weighted by molar-refractivity contribution is 8.00. The summed E-state index contributed by atoms with van der Waals surface area (Å²) in [6, 6.07) is 11.5. The molecular weight excluding hydrogens is 322 g/mol. The zero-order valence-electron chi connectivity index (χ0n) is 11.3. The number of nitrogens with one attached hydrogen (secondary N) is 2. The van der Waals surface area contributed by atoms with E-state index in [2.05, 4.69) is 15.8 Å². The molecule has 0 bridgehead atoms. The van der Waals surface area contributed by atoms with E-state index in [0.29, 0.717) is 22.2 Å². The van der Waals surface area contributed by atoms with Crippen molar-refractivity contribution in [2.75, 3.05) is 5.75 Å². The second kappa shape index (κ2) is 6.29. The van der Waals surface area contributed by atoms with Crippen LogP contribution in [0.3, 0.4) is 0 Å². The SMILES string of the molecule is O=C(NNC1=Nc2ccc(Cl)cc2SC1)c1ccc(O)cc1. The number of benzene rings is 2. The van der Waals surface area contributed by atoms with Crippen molar-refractivity contribution < 1.29 is 9.90 Å². The molecule has 1 aliphatic rings. The molecule has 1 amide bonds. The lowest BCUT2D eigenvalue weighted by Crippen LogP contribution is -2.43. The Kier molecular flexibility index (Phi) is 4.22. The summed E-state index contributed by atoms with van der Waals surface area (Å²) < 4.78 is 0. The highest BCUT2D eigenvalue weighted by Gasteiger charge is 2.14. The Hall–Kier alpha value is -2.18. The first-order valence-electron chi connectivity index (χ1n) is 6.47. The van der Waals surface area contributed by atoms with Gasteiger partial charge in [-0.1, -0.05) is 11.6 Å². The first kappa shape index (κ1) is 14.7. The topological polar surface area (TPSA) is 73.7 Å². The number of rotatable bonds is 1. The minimum Gasteiger partial charge on any atom is -0.508 e. The van der Waals surface area contributed by atoms with Crippen LogP contribution >= 0.6 is 23.4 Å². The number of hydrazine groups is 1. The molecule has 0 atom stereocenters. The molecule has 2 aromatic carbocycles. The highest BCUT2D eigenvalue weighted by Crippen LogP contribution is 2.35. The van der Waals surface area contributed by atoms with E-state index in [1.165, 1.54) is 12.1 Å². The molecule has 0 spiro atoms. The van der Waals surface area contributed by atoms with Gasteiger partial charge in [0.1, 0.15) is 11.6 Å². The van der Waals surface area contributed by atoms with Crippen LogP contribution in [-0.2, 0) is 0 Å². The fourth-order valence-corrected chi connectivity index (χ4v) is 3.04. The molecule has 0 fully saturated rings. The van der Waals surface area contributed by atoms with Crippen LogP contribution in [0.1, 0.15) is 10.4 Å². The van der Waals surface area contributed by atoms with Crippen molar-refractivity contribution in [2.45, 2.75) is 4.90 Å². The Morgan fingerprint density at radius 2 is 2.00 bits per heavy atom. The Morgan fingerprint density at radius 1 is 1.23 bits per heavy atom. The van der Waals surface area contributed by atoms with Gasteiger partial charge in [-0.25, -0.2) is 4.99 Å². The normalized spacial score (nSPS) is 13.0. The standard InChI is InChI=1S/C15H12ClN3O2S/c16-10-3-6-12-13(7-10)22-8-14(17-12)18-19-15(21)9-1-4-11(20)5-2-9/h1-7,20H,8H2,(H,17,18)(H,19,21). The van der Waals surface area contributed by atoms with Crippen molar-refractivity contribution in [1.82, 2.24) is 10.9 Å². The maximum absolute atomic E-state index is 12.0. The summed E-state index contributed by atoms with van der Waals surface area (Å²) in [7, 11) is 0. The van der Waals surface area contributed by atoms with Crippen LogP contribution in [0, 0.1) is 0 Å². The van der Waals surface area contributed by atoms with Crippen molar-refractivity contribution in [3.8, 4) is 5.75 Å². The minimum atomic E-state index is -0.297. The van der Waals surface area contributed by atoms with Gasteiger partial charge < -0.3 is 5.11 Å². The number of carbonyl (C=O) groups excluding carboxylic acids is 1. The number of hydrogen-bond donors (Lipinski definition) is 3. The number of thioether (sulfide) groups is 1. The summed E-state index contributed by atoms with van der Waals surface area (Å²) >= 11 is 7.54. The third-order valence-corrected chi connectivity index (χ3v) is 4.28. The number of aromatic hydroxyl groups is 1. The molecule has 0 saturated carbocycles. The molecule has 22 heavy (non-hydrogen) atoms. The van der Waals surface area contributed by atoms with Gasteiger partial charge in [0.05, 0.1) is 11.4 Å². The Bertz CT molecular complexity index is 747. The molecule has 1 heterocycles. The van der Waals surface area contributed by atoms with E-state index in [0.717, 1.165) is 10.6 Å². The second-order valence-corrected chi connectivity index (χ2v) is 6.04. The van der Waals surface area contributed by atoms with Gasteiger partial charge >= 0.3 is 0 Å². The molecule has 3 N–H and O–H groups in total. The first-order valence-corrected chi connectivity index (χ1v) is 7.83. The Morgan fingerprint density at radius 3 is 2.77 bits per heavy atom. The van der Waals surface area contributed by atoms with Gasteiger partial charge in [-0.3, -0.25) is 15.6 Å². The van der Waals surface area contributed by atoms with E-state index < -0.39 is 0 Å². The average Bonchev–Trinajstić information content (AvgIpc) is 2.53. The van der Waals surface area contributed by atoms with Gasteiger partial charge in [0.15, 0.2) is 0 Å². The predicted molar refractivity (Wildman–Crippen MR) is 88.0 cm³/mol. The Balaban J connectivity index is 1.66. The number of amides is 1. The van der Waals surface area contributed by atoms with Gasteiger partial charge in [0.25, 0.3) is 5.91 Å². The maximum Gasteiger partial charge on any atom is 0.269 e. The van der Waals surface area contributed by atoms with Gasteiger partial charge in [-0.15, -0.1) is 11.8 Å². The van der Waals surface area contributed by atoms with Gasteiger partial charge in [0.2, 0.25) is 0 Å². The number of nitrogens with zero attached hydrogens (tertiary/aromatic N) is 1. The summed E-state index contributed by atoms with van der Waals surface area (Å²) in [5.74, 6) is 1.10. The van der Waals surface area contributed by atoms with E-state index >= 15 is 0 Å². The number of phenolic OH excluding ortho intramolecular Hbond substituents is 1. The molecule has 3 rings (SSSR count). The van der Waals surface area contributed by atoms with Crippen molar-refractivity contribution in [2.24, 2.45) is 4.99 Å². The molecule has 2 aromatic rings. The molecule has 112 valence electrons. The molecule has 0 saturated heterocycles. The van der Waals surface area contributed by atoms with Gasteiger partial charge in [0, 0.05) is 15.5 Å². The van der Waals surface area contributed by atoms with Gasteiger partial charge in [-0.2, -0.15) is 0 Å². The predicted octanol–water partition coefficient (Wildman–Crippen LogP) is 3.12. The average molecular weight is 334 g/mol. The second-order valence-electron chi connectivity index (χ2n) is 4.59. The fraction of sp³-hybridized carbons (Fsp3) is 0.0667. The zero-order valence-corrected chi connectivity index (χ0v) is 12.9. The van der Waals surface area contributed by atoms with Gasteiger partial charge in [-0.05, 0) is 42.5 Å². The number of amidine groups is 1. The van der Waals surface area contributed by atoms with Crippen molar-refractivity contribution in [3.63, 3.8) is 0 Å². The summed E-state index contributed by atoms with van der Waals surface area (Å²) in [6.07, 6.45) is 0. The molecule has 0 aliphatic carbocycles. The number of fused-ring (bicyclic) bond motifs is 1. The first-order chi connectivity index (χ1) is 10.6. The van der Waals surface area contributed by atoms with E-state index in [1.54, 1.807) is 30.0 Å². The quantitative estimate of drug-likeness (QED) is 0.701. The summed E-state index contributed by atoms with van der Waals surface area (Å²) in [6.45, 7) is 0. The molecule has 1 aliphatic heterocycles. The van der Waals surface area contributed by atoms with Crippen molar-refractivity contribution >= 4 is 40.8 Å². The zero-order chi connectivity index (χ0) is 15.5. The Labute approximate surface area is 136 Å². The molecule has 0 aromatic heterocycles. The van der Waals surface area contributed by atoms with E-state index in [1.807, 2.05) is 12.1 Å². The number of phenols is 1. The number of hydrogen-bond acceptors (Lipinski definition) is 5. The van der Waals surface area contributed by atoms with E-state index in [4.69, 9.17) is 11.6 Å². The molecule has 0 radical (unpaired) electrons. The third-order valence-electron chi connectivity index (χ3n) is 2.99. The maximum atomic E-state index is 12.0. The smallest absolute Gasteiger partial charge is 0.269 e. The van der Waals surface area contributed by atoms with Crippen LogP contribution in [0.4, 0.5) is 5.69 Å². The minimum absolute atomic E-state index is 0.118.